The number of anilines is 1. The van der Waals surface area contributed by atoms with Crippen molar-refractivity contribution in [1.29, 1.82) is 0 Å². The SMILES string of the molecule is [B]CC(=O)Nc1ccc(Br)cc1F. The van der Waals surface area contributed by atoms with E-state index in [0.29, 0.717) is 4.47 Å². The molecule has 13 heavy (non-hydrogen) atoms. The zero-order valence-corrected chi connectivity index (χ0v) is 8.27. The molecule has 66 valence electrons. The molecule has 1 aromatic rings. The van der Waals surface area contributed by atoms with E-state index >= 15 is 0 Å². The van der Waals surface area contributed by atoms with E-state index in [0.717, 1.165) is 0 Å². The smallest absolute Gasteiger partial charge is 0.215 e. The fourth-order valence-corrected chi connectivity index (χ4v) is 1.13. The van der Waals surface area contributed by atoms with Crippen LogP contribution in [0.2, 0.25) is 6.32 Å². The average molecular weight is 242 g/mol. The molecule has 2 radical (unpaired) electrons. The Kier molecular flexibility index (Phi) is 3.48. The molecule has 2 nitrogen and oxygen atoms in total. The molecular formula is C8H6BBrFNO. The van der Waals surface area contributed by atoms with Crippen molar-refractivity contribution in [2.75, 3.05) is 5.32 Å². The molecule has 0 bridgehead atoms. The van der Waals surface area contributed by atoms with E-state index in [1.807, 2.05) is 0 Å². The molecule has 1 N–H and O–H groups in total. The lowest BCUT2D eigenvalue weighted by Crippen LogP contribution is -2.11. The molecule has 0 fully saturated rings. The van der Waals surface area contributed by atoms with Crippen molar-refractivity contribution in [3.8, 4) is 0 Å². The quantitative estimate of drug-likeness (QED) is 0.790. The number of rotatable bonds is 2. The number of carbonyl (C=O) groups is 1. The molecule has 1 amide bonds. The summed E-state index contributed by atoms with van der Waals surface area (Å²) in [5, 5.41) is 2.33. The lowest BCUT2D eigenvalue weighted by molar-refractivity contribution is -0.114. The Hall–Kier alpha value is -0.835. The summed E-state index contributed by atoms with van der Waals surface area (Å²) in [6.45, 7) is 0. The first kappa shape index (κ1) is 10.2. The zero-order chi connectivity index (χ0) is 9.84. The first-order chi connectivity index (χ1) is 6.13. The molecule has 0 saturated carbocycles. The molecule has 0 aliphatic heterocycles. The summed E-state index contributed by atoms with van der Waals surface area (Å²) in [7, 11) is 5.06. The fraction of sp³-hybridized carbons (Fsp3) is 0.125. The van der Waals surface area contributed by atoms with Crippen LogP contribution in [0.15, 0.2) is 22.7 Å². The largest absolute Gasteiger partial charge is 0.324 e. The van der Waals surface area contributed by atoms with E-state index in [1.165, 1.54) is 12.1 Å². The zero-order valence-electron chi connectivity index (χ0n) is 6.68. The summed E-state index contributed by atoms with van der Waals surface area (Å²) in [4.78, 5) is 10.8. The van der Waals surface area contributed by atoms with Crippen LogP contribution in [-0.2, 0) is 4.79 Å². The highest BCUT2D eigenvalue weighted by Crippen LogP contribution is 2.19. The van der Waals surface area contributed by atoms with Crippen LogP contribution in [0.25, 0.3) is 0 Å². The first-order valence-electron chi connectivity index (χ1n) is 3.58. The van der Waals surface area contributed by atoms with Crippen LogP contribution >= 0.6 is 15.9 Å². The minimum Gasteiger partial charge on any atom is -0.324 e. The van der Waals surface area contributed by atoms with Crippen molar-refractivity contribution >= 4 is 35.4 Å². The predicted octanol–water partition coefficient (Wildman–Crippen LogP) is 2.11. The first-order valence-corrected chi connectivity index (χ1v) is 4.37. The number of carbonyl (C=O) groups excluding carboxylic acids is 1. The third kappa shape index (κ3) is 2.84. The molecular weight excluding hydrogens is 236 g/mol. The normalized spacial score (nSPS) is 9.69. The standard InChI is InChI=1S/C8H6BBrFNO/c9-4-8(13)12-7-2-1-5(10)3-6(7)11/h1-3H,4H2,(H,12,13). The van der Waals surface area contributed by atoms with Crippen molar-refractivity contribution in [3.05, 3.63) is 28.5 Å². The van der Waals surface area contributed by atoms with Gasteiger partial charge in [-0.1, -0.05) is 15.9 Å². The Bertz CT molecular complexity index is 332. The van der Waals surface area contributed by atoms with Crippen LogP contribution in [0.3, 0.4) is 0 Å². The van der Waals surface area contributed by atoms with Gasteiger partial charge in [-0.15, -0.1) is 0 Å². The van der Waals surface area contributed by atoms with Crippen molar-refractivity contribution < 1.29 is 9.18 Å². The Labute approximate surface area is 85.1 Å². The number of nitrogens with one attached hydrogen (secondary N) is 1. The molecule has 1 aromatic carbocycles. The van der Waals surface area contributed by atoms with Crippen LogP contribution in [0.5, 0.6) is 0 Å². The van der Waals surface area contributed by atoms with E-state index < -0.39 is 11.7 Å². The second-order valence-corrected chi connectivity index (χ2v) is 3.29. The molecule has 0 heterocycles. The van der Waals surface area contributed by atoms with Gasteiger partial charge in [-0.3, -0.25) is 4.79 Å². The minimum absolute atomic E-state index is 0.138. The topological polar surface area (TPSA) is 29.1 Å². The van der Waals surface area contributed by atoms with Gasteiger partial charge in [0.25, 0.3) is 0 Å². The van der Waals surface area contributed by atoms with Crippen molar-refractivity contribution in [2.24, 2.45) is 0 Å². The molecule has 5 heteroatoms. The van der Waals surface area contributed by atoms with Gasteiger partial charge in [-0.25, -0.2) is 4.39 Å². The van der Waals surface area contributed by atoms with E-state index in [2.05, 4.69) is 21.2 Å². The second-order valence-electron chi connectivity index (χ2n) is 2.38. The predicted molar refractivity (Wildman–Crippen MR) is 53.3 cm³/mol. The lowest BCUT2D eigenvalue weighted by Gasteiger charge is -2.04. The van der Waals surface area contributed by atoms with Crippen LogP contribution in [-0.4, -0.2) is 13.8 Å². The summed E-state index contributed by atoms with van der Waals surface area (Å²) < 4.78 is 13.7. The molecule has 1 rings (SSSR count). The van der Waals surface area contributed by atoms with Gasteiger partial charge < -0.3 is 5.32 Å². The van der Waals surface area contributed by atoms with Crippen molar-refractivity contribution in [1.82, 2.24) is 0 Å². The van der Waals surface area contributed by atoms with Gasteiger partial charge in [0.15, 0.2) is 0 Å². The third-order valence-electron chi connectivity index (χ3n) is 1.39. The Morgan fingerprint density at radius 2 is 2.31 bits per heavy atom. The highest BCUT2D eigenvalue weighted by atomic mass is 79.9. The lowest BCUT2D eigenvalue weighted by atomic mass is 10.1. The van der Waals surface area contributed by atoms with Crippen LogP contribution in [0, 0.1) is 5.82 Å². The van der Waals surface area contributed by atoms with E-state index in [9.17, 15) is 9.18 Å². The molecule has 0 aromatic heterocycles. The van der Waals surface area contributed by atoms with Crippen molar-refractivity contribution in [2.45, 2.75) is 6.32 Å². The maximum atomic E-state index is 13.1. The number of amides is 1. The highest BCUT2D eigenvalue weighted by molar-refractivity contribution is 9.10. The number of halogens is 2. The number of hydrogen-bond donors (Lipinski definition) is 1. The third-order valence-corrected chi connectivity index (χ3v) is 1.88. The molecule has 0 aliphatic rings. The summed E-state index contributed by atoms with van der Waals surface area (Å²) in [5.74, 6) is -0.905. The number of hydrogen-bond acceptors (Lipinski definition) is 1. The van der Waals surface area contributed by atoms with E-state index in [1.54, 1.807) is 6.07 Å². The number of benzene rings is 1. The fourth-order valence-electron chi connectivity index (χ4n) is 0.792. The maximum absolute atomic E-state index is 13.1. The monoisotopic (exact) mass is 241 g/mol. The van der Waals surface area contributed by atoms with E-state index in [4.69, 9.17) is 7.85 Å². The van der Waals surface area contributed by atoms with Crippen LogP contribution in [0.4, 0.5) is 10.1 Å². The van der Waals surface area contributed by atoms with Crippen LogP contribution < -0.4 is 5.32 Å². The molecule has 0 atom stereocenters. The van der Waals surface area contributed by atoms with Crippen molar-refractivity contribution in [3.63, 3.8) is 0 Å². The van der Waals surface area contributed by atoms with Gasteiger partial charge in [-0.2, -0.15) is 0 Å². The Balaban J connectivity index is 2.83. The highest BCUT2D eigenvalue weighted by Gasteiger charge is 2.04. The second kappa shape index (κ2) is 4.41. The van der Waals surface area contributed by atoms with E-state index in [-0.39, 0.29) is 12.0 Å². The Morgan fingerprint density at radius 1 is 1.62 bits per heavy atom. The van der Waals surface area contributed by atoms with Gasteiger partial charge in [0, 0.05) is 4.47 Å². The van der Waals surface area contributed by atoms with Gasteiger partial charge in [0.05, 0.1) is 13.5 Å². The van der Waals surface area contributed by atoms with Gasteiger partial charge in [0.2, 0.25) is 5.91 Å². The molecule has 0 saturated heterocycles. The molecule has 0 unspecified atom stereocenters. The van der Waals surface area contributed by atoms with Gasteiger partial charge in [0.1, 0.15) is 5.82 Å². The maximum Gasteiger partial charge on any atom is 0.215 e. The summed E-state index contributed by atoms with van der Waals surface area (Å²) >= 11 is 3.10. The average Bonchev–Trinajstić information content (AvgIpc) is 2.09. The Morgan fingerprint density at radius 3 is 2.85 bits per heavy atom. The van der Waals surface area contributed by atoms with Gasteiger partial charge >= 0.3 is 0 Å². The molecule has 0 spiro atoms. The summed E-state index contributed by atoms with van der Waals surface area (Å²) in [6.07, 6.45) is -0.157. The minimum atomic E-state index is -0.490. The summed E-state index contributed by atoms with van der Waals surface area (Å²) in [5.41, 5.74) is 0.138. The van der Waals surface area contributed by atoms with Crippen LogP contribution in [0.1, 0.15) is 0 Å². The van der Waals surface area contributed by atoms with Gasteiger partial charge in [-0.05, 0) is 24.5 Å². The molecule has 0 aliphatic carbocycles. The summed E-state index contributed by atoms with van der Waals surface area (Å²) in [6, 6.07) is 4.37.